The van der Waals surface area contributed by atoms with Gasteiger partial charge >= 0.3 is 0 Å². The second-order valence-electron chi connectivity index (χ2n) is 6.81. The third-order valence-corrected chi connectivity index (χ3v) is 4.30. The molecular weight excluding hydrogens is 326 g/mol. The van der Waals surface area contributed by atoms with Crippen LogP contribution in [0.1, 0.15) is 29.8 Å². The topological polar surface area (TPSA) is 71.5 Å². The molecule has 5 heteroatoms. The molecule has 0 radical (unpaired) electrons. The van der Waals surface area contributed by atoms with Gasteiger partial charge in [0, 0.05) is 5.56 Å². The highest BCUT2D eigenvalue weighted by Crippen LogP contribution is 2.21. The van der Waals surface area contributed by atoms with E-state index in [1.165, 1.54) is 4.68 Å². The molecular formula is C21H24N3O2+. The van der Waals surface area contributed by atoms with Crippen molar-refractivity contribution < 1.29 is 10.1 Å². The number of hydrogen-bond acceptors (Lipinski definition) is 2. The molecule has 0 fully saturated rings. The standard InChI is InChI=1S/C21H23N3O2/c1-14(2)22-13-18(25)19-20(16-7-5-4-6-8-16)23-24(21(19)26)17-11-9-15(3)10-12-17/h4-12,14,22-23H,13H2,1-3H3/p+1. The smallest absolute Gasteiger partial charge is 0.283 e. The Morgan fingerprint density at radius 3 is 2.35 bits per heavy atom. The van der Waals surface area contributed by atoms with Crippen molar-refractivity contribution >= 4 is 5.78 Å². The summed E-state index contributed by atoms with van der Waals surface area (Å²) >= 11 is 0. The number of nitrogens with one attached hydrogen (secondary N) is 1. The Morgan fingerprint density at radius 1 is 1.08 bits per heavy atom. The van der Waals surface area contributed by atoms with Gasteiger partial charge in [0.25, 0.3) is 5.56 Å². The van der Waals surface area contributed by atoms with E-state index in [1.807, 2.05) is 80.7 Å². The third-order valence-electron chi connectivity index (χ3n) is 4.30. The normalized spacial score (nSPS) is 11.1. The van der Waals surface area contributed by atoms with E-state index < -0.39 is 0 Å². The molecule has 3 aromatic rings. The molecule has 0 aliphatic rings. The van der Waals surface area contributed by atoms with Crippen molar-refractivity contribution in [1.82, 2.24) is 9.78 Å². The van der Waals surface area contributed by atoms with Gasteiger partial charge in [-0.2, -0.15) is 0 Å². The van der Waals surface area contributed by atoms with Crippen LogP contribution in [0.4, 0.5) is 0 Å². The number of quaternary nitrogens is 1. The van der Waals surface area contributed by atoms with E-state index in [2.05, 4.69) is 5.10 Å². The van der Waals surface area contributed by atoms with Crippen LogP contribution in [0.5, 0.6) is 0 Å². The van der Waals surface area contributed by atoms with Crippen LogP contribution in [0, 0.1) is 6.92 Å². The van der Waals surface area contributed by atoms with Crippen molar-refractivity contribution in [3.8, 4) is 16.9 Å². The molecule has 134 valence electrons. The summed E-state index contributed by atoms with van der Waals surface area (Å²) in [6.07, 6.45) is 0. The largest absolute Gasteiger partial charge is 0.338 e. The van der Waals surface area contributed by atoms with Crippen LogP contribution >= 0.6 is 0 Å². The fourth-order valence-corrected chi connectivity index (χ4v) is 2.83. The Bertz CT molecular complexity index is 951. The zero-order valence-electron chi connectivity index (χ0n) is 15.3. The van der Waals surface area contributed by atoms with Crippen molar-refractivity contribution in [2.45, 2.75) is 26.8 Å². The van der Waals surface area contributed by atoms with Gasteiger partial charge in [0.05, 0.1) is 17.4 Å². The van der Waals surface area contributed by atoms with E-state index in [1.54, 1.807) is 0 Å². The van der Waals surface area contributed by atoms with Crippen LogP contribution in [-0.4, -0.2) is 28.2 Å². The van der Waals surface area contributed by atoms with Crippen LogP contribution in [0.15, 0.2) is 59.4 Å². The van der Waals surface area contributed by atoms with Crippen LogP contribution < -0.4 is 10.9 Å². The molecule has 1 heterocycles. The number of hydrogen-bond donors (Lipinski definition) is 2. The number of ketones is 1. The number of carbonyl (C=O) groups excluding carboxylic acids is 1. The number of carbonyl (C=O) groups is 1. The van der Waals surface area contributed by atoms with Crippen LogP contribution in [0.2, 0.25) is 0 Å². The Hall–Kier alpha value is -2.92. The fourth-order valence-electron chi connectivity index (χ4n) is 2.83. The van der Waals surface area contributed by atoms with Gasteiger partial charge in [-0.05, 0) is 32.9 Å². The van der Waals surface area contributed by atoms with E-state index in [4.69, 9.17) is 0 Å². The average Bonchev–Trinajstić information content (AvgIpc) is 2.98. The molecule has 0 saturated carbocycles. The maximum Gasteiger partial charge on any atom is 0.283 e. The van der Waals surface area contributed by atoms with Gasteiger partial charge < -0.3 is 5.32 Å². The van der Waals surface area contributed by atoms with Crippen molar-refractivity contribution in [2.75, 3.05) is 6.54 Å². The zero-order chi connectivity index (χ0) is 18.7. The van der Waals surface area contributed by atoms with E-state index in [9.17, 15) is 9.59 Å². The quantitative estimate of drug-likeness (QED) is 0.670. The molecule has 0 atom stereocenters. The van der Waals surface area contributed by atoms with E-state index in [0.717, 1.165) is 11.1 Å². The maximum atomic E-state index is 13.0. The second kappa shape index (κ2) is 7.54. The van der Waals surface area contributed by atoms with E-state index in [-0.39, 0.29) is 29.5 Å². The van der Waals surface area contributed by atoms with Crippen molar-refractivity contribution in [1.29, 1.82) is 0 Å². The lowest BCUT2D eigenvalue weighted by molar-refractivity contribution is -0.671. The first kappa shape index (κ1) is 17.9. The van der Waals surface area contributed by atoms with E-state index >= 15 is 0 Å². The first-order valence-electron chi connectivity index (χ1n) is 8.81. The summed E-state index contributed by atoms with van der Waals surface area (Å²) in [5, 5.41) is 5.07. The lowest BCUT2D eigenvalue weighted by Crippen LogP contribution is -2.90. The first-order chi connectivity index (χ1) is 12.5. The monoisotopic (exact) mass is 350 g/mol. The minimum Gasteiger partial charge on any atom is -0.338 e. The Kier molecular flexibility index (Phi) is 5.19. The highest BCUT2D eigenvalue weighted by molar-refractivity contribution is 6.02. The minimum atomic E-state index is -0.310. The van der Waals surface area contributed by atoms with Gasteiger partial charge in [0.1, 0.15) is 12.1 Å². The second-order valence-corrected chi connectivity index (χ2v) is 6.81. The van der Waals surface area contributed by atoms with Gasteiger partial charge in [-0.15, -0.1) is 0 Å². The Labute approximate surface area is 152 Å². The number of H-pyrrole nitrogens is 1. The summed E-state index contributed by atoms with van der Waals surface area (Å²) in [7, 11) is 0. The summed E-state index contributed by atoms with van der Waals surface area (Å²) in [5.41, 5.74) is 3.12. The summed E-state index contributed by atoms with van der Waals surface area (Å²) in [6, 6.07) is 17.4. The molecule has 0 saturated heterocycles. The number of benzene rings is 2. The number of aromatic amines is 1. The number of nitrogens with zero attached hydrogens (tertiary/aromatic N) is 1. The average molecular weight is 350 g/mol. The van der Waals surface area contributed by atoms with Gasteiger partial charge in [-0.3, -0.25) is 14.7 Å². The number of aryl methyl sites for hydroxylation is 1. The third kappa shape index (κ3) is 3.68. The van der Waals surface area contributed by atoms with Gasteiger partial charge in [-0.25, -0.2) is 4.68 Å². The zero-order valence-corrected chi connectivity index (χ0v) is 15.3. The van der Waals surface area contributed by atoms with Crippen LogP contribution in [-0.2, 0) is 0 Å². The molecule has 3 rings (SSSR count). The van der Waals surface area contributed by atoms with Gasteiger partial charge in [-0.1, -0.05) is 48.0 Å². The van der Waals surface area contributed by atoms with Gasteiger partial charge in [0.15, 0.2) is 0 Å². The van der Waals surface area contributed by atoms with Gasteiger partial charge in [0.2, 0.25) is 5.78 Å². The molecule has 5 nitrogen and oxygen atoms in total. The molecule has 0 spiro atoms. The summed E-state index contributed by atoms with van der Waals surface area (Å²) in [4.78, 5) is 25.8. The lowest BCUT2D eigenvalue weighted by Gasteiger charge is -2.04. The molecule has 0 bridgehead atoms. The number of nitrogens with two attached hydrogens (primary N) is 1. The minimum absolute atomic E-state index is 0.162. The van der Waals surface area contributed by atoms with Crippen LogP contribution in [0.3, 0.4) is 0 Å². The number of Topliss-reactive ketones (excluding diaryl/α,β-unsaturated/α-hetero) is 1. The molecule has 0 unspecified atom stereocenters. The van der Waals surface area contributed by atoms with Crippen LogP contribution in [0.25, 0.3) is 16.9 Å². The number of rotatable bonds is 6. The van der Waals surface area contributed by atoms with Crippen molar-refractivity contribution in [3.63, 3.8) is 0 Å². The summed E-state index contributed by atoms with van der Waals surface area (Å²) in [6.45, 7) is 6.28. The Balaban J connectivity index is 2.13. The number of aromatic nitrogens is 2. The Morgan fingerprint density at radius 2 is 1.73 bits per heavy atom. The SMILES string of the molecule is Cc1ccc(-n2[nH]c(-c3ccccc3)c(C(=O)C[NH2+]C(C)C)c2=O)cc1. The lowest BCUT2D eigenvalue weighted by atomic mass is 10.0. The molecule has 1 aromatic heterocycles. The van der Waals surface area contributed by atoms with Crippen molar-refractivity contribution in [2.24, 2.45) is 0 Å². The molecule has 0 aliphatic carbocycles. The molecule has 0 aliphatic heterocycles. The molecule has 2 aromatic carbocycles. The maximum absolute atomic E-state index is 13.0. The predicted octanol–water partition coefficient (Wildman–Crippen LogP) is 2.30. The summed E-state index contributed by atoms with van der Waals surface area (Å²) in [5.74, 6) is -0.162. The van der Waals surface area contributed by atoms with E-state index in [0.29, 0.717) is 11.4 Å². The predicted molar refractivity (Wildman–Crippen MR) is 103 cm³/mol. The fraction of sp³-hybridized carbons (Fsp3) is 0.238. The first-order valence-corrected chi connectivity index (χ1v) is 8.81. The van der Waals surface area contributed by atoms with Crippen molar-refractivity contribution in [3.05, 3.63) is 76.1 Å². The molecule has 26 heavy (non-hydrogen) atoms. The molecule has 0 amide bonds. The highest BCUT2D eigenvalue weighted by Gasteiger charge is 2.24. The highest BCUT2D eigenvalue weighted by atomic mass is 16.2. The molecule has 3 N–H and O–H groups in total. The summed E-state index contributed by atoms with van der Waals surface area (Å²) < 4.78 is 1.45.